The minimum atomic E-state index is -4.30. The number of carbonyl (C=O) groups is 1. The molecule has 0 radical (unpaired) electrons. The number of para-hydroxylation sites is 2. The molecule has 2 aliphatic rings. The Morgan fingerprint density at radius 1 is 0.765 bits per heavy atom. The van der Waals surface area contributed by atoms with Crippen molar-refractivity contribution in [2.24, 2.45) is 0 Å². The SMILES string of the molecule is CN(C)C=O.CN1c2ccccc2-c2oc3c(c(=O)c2S1(=O)=O)S(=O)(=O)N(C)c1ccccc1-3. The van der Waals surface area contributed by atoms with E-state index in [1.807, 2.05) is 0 Å². The molecule has 2 aromatic carbocycles. The third-order valence-electron chi connectivity index (χ3n) is 5.45. The van der Waals surface area contributed by atoms with Gasteiger partial charge in [0.1, 0.15) is 0 Å². The summed E-state index contributed by atoms with van der Waals surface area (Å²) in [6.07, 6.45) is 0.750. The first kappa shape index (κ1) is 23.5. The van der Waals surface area contributed by atoms with Crippen molar-refractivity contribution in [1.29, 1.82) is 0 Å². The van der Waals surface area contributed by atoms with Crippen molar-refractivity contribution in [1.82, 2.24) is 4.90 Å². The van der Waals surface area contributed by atoms with Crippen LogP contribution in [-0.2, 0) is 24.8 Å². The van der Waals surface area contributed by atoms with Crippen LogP contribution in [0.1, 0.15) is 0 Å². The number of anilines is 2. The van der Waals surface area contributed by atoms with Crippen molar-refractivity contribution >= 4 is 37.8 Å². The predicted octanol–water partition coefficient (Wildman–Crippen LogP) is 1.96. The highest BCUT2D eigenvalue weighted by Gasteiger charge is 2.44. The van der Waals surface area contributed by atoms with Gasteiger partial charge in [0.2, 0.25) is 11.8 Å². The van der Waals surface area contributed by atoms with E-state index in [9.17, 15) is 26.4 Å². The van der Waals surface area contributed by atoms with Crippen molar-refractivity contribution in [3.63, 3.8) is 0 Å². The minimum Gasteiger partial charge on any atom is -0.453 e. The summed E-state index contributed by atoms with van der Waals surface area (Å²) in [5.41, 5.74) is 0.380. The van der Waals surface area contributed by atoms with Crippen LogP contribution < -0.4 is 14.0 Å². The number of amides is 1. The molecule has 0 fully saturated rings. The van der Waals surface area contributed by atoms with Crippen LogP contribution >= 0.6 is 0 Å². The summed E-state index contributed by atoms with van der Waals surface area (Å²) in [5, 5.41) is 0. The van der Waals surface area contributed by atoms with Crippen molar-refractivity contribution in [2.75, 3.05) is 36.8 Å². The fraction of sp³-hybridized carbons (Fsp3) is 0.182. The molecule has 0 spiro atoms. The Hall–Kier alpha value is -3.64. The number of benzene rings is 2. The molecule has 12 heteroatoms. The van der Waals surface area contributed by atoms with Gasteiger partial charge in [0, 0.05) is 39.3 Å². The van der Waals surface area contributed by atoms with Crippen LogP contribution in [0.2, 0.25) is 0 Å². The Morgan fingerprint density at radius 2 is 1.12 bits per heavy atom. The fourth-order valence-corrected chi connectivity index (χ4v) is 6.63. The number of rotatable bonds is 1. The molecule has 178 valence electrons. The highest BCUT2D eigenvalue weighted by atomic mass is 32.2. The van der Waals surface area contributed by atoms with Gasteiger partial charge in [-0.3, -0.25) is 18.2 Å². The Kier molecular flexibility index (Phi) is 5.53. The molecule has 1 amide bonds. The minimum absolute atomic E-state index is 0.156. The van der Waals surface area contributed by atoms with Gasteiger partial charge in [-0.15, -0.1) is 0 Å². The zero-order chi connectivity index (χ0) is 25.0. The van der Waals surface area contributed by atoms with E-state index in [0.29, 0.717) is 22.5 Å². The van der Waals surface area contributed by atoms with Crippen molar-refractivity contribution in [3.05, 3.63) is 58.8 Å². The van der Waals surface area contributed by atoms with E-state index in [4.69, 9.17) is 4.42 Å². The van der Waals surface area contributed by atoms with E-state index < -0.39 is 35.3 Å². The zero-order valence-corrected chi connectivity index (χ0v) is 20.3. The molecule has 0 unspecified atom stereocenters. The number of sulfonamides is 2. The molecule has 0 saturated heterocycles. The molecule has 0 aliphatic carbocycles. The lowest BCUT2D eigenvalue weighted by Gasteiger charge is -2.31. The average Bonchev–Trinajstić information content (AvgIpc) is 2.81. The summed E-state index contributed by atoms with van der Waals surface area (Å²) >= 11 is 0. The molecule has 0 N–H and O–H groups in total. The van der Waals surface area contributed by atoms with Crippen LogP contribution in [0.3, 0.4) is 0 Å². The molecule has 3 aromatic rings. The molecule has 1 aromatic heterocycles. The number of nitrogens with zero attached hydrogens (tertiary/aromatic N) is 3. The van der Waals surface area contributed by atoms with Gasteiger partial charge in [0.25, 0.3) is 20.0 Å². The molecule has 0 saturated carbocycles. The molecule has 10 nitrogen and oxygen atoms in total. The second-order valence-electron chi connectivity index (χ2n) is 7.80. The molecule has 2 aliphatic heterocycles. The first-order chi connectivity index (χ1) is 15.9. The largest absolute Gasteiger partial charge is 0.453 e. The first-order valence-electron chi connectivity index (χ1n) is 9.94. The molecular weight excluding hydrogens is 482 g/mol. The molecule has 5 rings (SSSR count). The predicted molar refractivity (Wildman–Crippen MR) is 127 cm³/mol. The Balaban J connectivity index is 0.000000499. The van der Waals surface area contributed by atoms with Crippen molar-refractivity contribution in [2.45, 2.75) is 9.79 Å². The average molecular weight is 504 g/mol. The molecule has 34 heavy (non-hydrogen) atoms. The third kappa shape index (κ3) is 3.29. The van der Waals surface area contributed by atoms with Gasteiger partial charge < -0.3 is 9.32 Å². The van der Waals surface area contributed by atoms with Crippen LogP contribution in [0, 0.1) is 0 Å². The molecule has 0 atom stereocenters. The monoisotopic (exact) mass is 503 g/mol. The second kappa shape index (κ2) is 7.99. The normalized spacial score (nSPS) is 16.1. The van der Waals surface area contributed by atoms with Gasteiger partial charge in [0.05, 0.1) is 11.4 Å². The summed E-state index contributed by atoms with van der Waals surface area (Å²) in [6.45, 7) is 0. The standard InChI is InChI=1S/C19H14N2O6S2.C3H7NO/c1-20-13-9-5-3-7-11(13)16-18(28(20,23)24)15(22)19-17(27-16)12-8-4-6-10-14(12)21(2)29(19,25)26;1-4(2)3-5/h3-10H,1-2H3;3H,1-2H3. The van der Waals surface area contributed by atoms with Crippen LogP contribution in [0.25, 0.3) is 22.6 Å². The number of hydrogen-bond acceptors (Lipinski definition) is 7. The van der Waals surface area contributed by atoms with Gasteiger partial charge in [0.15, 0.2) is 21.3 Å². The highest BCUT2D eigenvalue weighted by Crippen LogP contribution is 2.47. The Labute approximate surface area is 196 Å². The summed E-state index contributed by atoms with van der Waals surface area (Å²) < 4.78 is 60.1. The van der Waals surface area contributed by atoms with Gasteiger partial charge in [-0.25, -0.2) is 16.8 Å². The zero-order valence-electron chi connectivity index (χ0n) is 18.7. The lowest BCUT2D eigenvalue weighted by molar-refractivity contribution is -0.115. The Morgan fingerprint density at radius 3 is 1.47 bits per heavy atom. The summed E-state index contributed by atoms with van der Waals surface area (Å²) in [5.74, 6) is -0.311. The van der Waals surface area contributed by atoms with E-state index in [2.05, 4.69) is 0 Å². The number of hydrogen-bond donors (Lipinski definition) is 0. The molecular formula is C22H21N3O7S2. The van der Waals surface area contributed by atoms with Crippen LogP contribution in [-0.4, -0.2) is 56.3 Å². The van der Waals surface area contributed by atoms with Crippen molar-refractivity contribution in [3.8, 4) is 22.6 Å². The van der Waals surface area contributed by atoms with Crippen LogP contribution in [0.15, 0.2) is 67.5 Å². The second-order valence-corrected chi connectivity index (χ2v) is 11.6. The van der Waals surface area contributed by atoms with E-state index in [1.165, 1.54) is 19.0 Å². The van der Waals surface area contributed by atoms with Crippen LogP contribution in [0.5, 0.6) is 0 Å². The lowest BCUT2D eigenvalue weighted by atomic mass is 10.1. The highest BCUT2D eigenvalue weighted by molar-refractivity contribution is 7.93. The molecule has 3 heterocycles. The fourth-order valence-electron chi connectivity index (χ4n) is 3.74. The van der Waals surface area contributed by atoms with E-state index in [0.717, 1.165) is 15.0 Å². The van der Waals surface area contributed by atoms with Gasteiger partial charge in [-0.2, -0.15) is 0 Å². The summed E-state index contributed by atoms with van der Waals surface area (Å²) in [4.78, 5) is 22.9. The van der Waals surface area contributed by atoms with Gasteiger partial charge >= 0.3 is 0 Å². The van der Waals surface area contributed by atoms with Gasteiger partial charge in [-0.1, -0.05) is 24.3 Å². The maximum absolute atomic E-state index is 13.3. The third-order valence-corrected chi connectivity index (χ3v) is 9.06. The smallest absolute Gasteiger partial charge is 0.271 e. The quantitative estimate of drug-likeness (QED) is 0.465. The Bertz CT molecular complexity index is 1480. The number of carbonyl (C=O) groups excluding carboxylic acids is 1. The number of fused-ring (bicyclic) bond motifs is 6. The van der Waals surface area contributed by atoms with Gasteiger partial charge in [-0.05, 0) is 24.3 Å². The van der Waals surface area contributed by atoms with E-state index in [-0.39, 0.29) is 11.5 Å². The maximum atomic E-state index is 13.3. The lowest BCUT2D eigenvalue weighted by Crippen LogP contribution is -2.39. The summed E-state index contributed by atoms with van der Waals surface area (Å²) in [6, 6.07) is 13.1. The maximum Gasteiger partial charge on any atom is 0.271 e. The van der Waals surface area contributed by atoms with Crippen LogP contribution in [0.4, 0.5) is 11.4 Å². The molecule has 0 bridgehead atoms. The van der Waals surface area contributed by atoms with E-state index in [1.54, 1.807) is 62.6 Å². The van der Waals surface area contributed by atoms with Crippen molar-refractivity contribution < 1.29 is 26.0 Å². The first-order valence-corrected chi connectivity index (χ1v) is 12.8. The topological polar surface area (TPSA) is 125 Å². The summed E-state index contributed by atoms with van der Waals surface area (Å²) in [7, 11) is -2.60. The van der Waals surface area contributed by atoms with E-state index >= 15 is 0 Å².